The number of benzene rings is 2. The highest BCUT2D eigenvalue weighted by molar-refractivity contribution is 14.0. The van der Waals surface area contributed by atoms with Gasteiger partial charge >= 0.3 is 12.6 Å². The molecular formula is C21H26F2IN3O5. The number of halogens is 3. The quantitative estimate of drug-likeness (QED) is 0.208. The molecule has 0 aromatic heterocycles. The Kier molecular flexibility index (Phi) is 11.5. The maximum Gasteiger partial charge on any atom is 0.387 e. The summed E-state index contributed by atoms with van der Waals surface area (Å²) in [5.74, 6) is 0.885. The van der Waals surface area contributed by atoms with Crippen LogP contribution in [0.4, 0.5) is 8.78 Å². The SMILES string of the molecule is CN=C(NCc1ccc(C(=O)OC)c(OC)c1)NCc1cc(OC)ccc1OC(F)F.I. The molecule has 0 amide bonds. The highest BCUT2D eigenvalue weighted by Gasteiger charge is 2.14. The Balaban J connectivity index is 0.00000512. The van der Waals surface area contributed by atoms with Crippen LogP contribution in [0.15, 0.2) is 41.4 Å². The Labute approximate surface area is 202 Å². The molecule has 0 saturated heterocycles. The lowest BCUT2D eigenvalue weighted by molar-refractivity contribution is -0.0505. The van der Waals surface area contributed by atoms with Crippen molar-refractivity contribution in [1.82, 2.24) is 10.6 Å². The molecule has 176 valence electrons. The van der Waals surface area contributed by atoms with E-state index in [0.29, 0.717) is 35.1 Å². The monoisotopic (exact) mass is 565 g/mol. The number of carbonyl (C=O) groups excluding carboxylic acids is 1. The molecule has 2 rings (SSSR count). The van der Waals surface area contributed by atoms with Crippen LogP contribution < -0.4 is 24.8 Å². The van der Waals surface area contributed by atoms with Gasteiger partial charge in [0.15, 0.2) is 5.96 Å². The Hall–Kier alpha value is -2.83. The number of nitrogens with zero attached hydrogens (tertiary/aromatic N) is 1. The van der Waals surface area contributed by atoms with Gasteiger partial charge in [0.05, 0.1) is 21.3 Å². The van der Waals surface area contributed by atoms with Crippen LogP contribution in [0.5, 0.6) is 17.2 Å². The van der Waals surface area contributed by atoms with Crippen molar-refractivity contribution in [2.75, 3.05) is 28.4 Å². The molecular weight excluding hydrogens is 539 g/mol. The maximum absolute atomic E-state index is 12.7. The minimum absolute atomic E-state index is 0. The van der Waals surface area contributed by atoms with Gasteiger partial charge in [-0.15, -0.1) is 24.0 Å². The summed E-state index contributed by atoms with van der Waals surface area (Å²) in [4.78, 5) is 15.9. The number of rotatable bonds is 9. The maximum atomic E-state index is 12.7. The summed E-state index contributed by atoms with van der Waals surface area (Å²) in [5, 5.41) is 6.15. The zero-order chi connectivity index (χ0) is 22.8. The largest absolute Gasteiger partial charge is 0.497 e. The Morgan fingerprint density at radius 3 is 2.31 bits per heavy atom. The molecule has 2 aromatic carbocycles. The standard InChI is InChI=1S/C21H25F2N3O5.HI/c1-24-21(25-11-13-5-7-16(19(27)30-4)18(9-13)29-3)26-12-14-10-15(28-2)6-8-17(14)31-20(22)23;/h5-10,20H,11-12H2,1-4H3,(H2,24,25,26);1H. The van der Waals surface area contributed by atoms with Crippen molar-refractivity contribution in [1.29, 1.82) is 0 Å². The van der Waals surface area contributed by atoms with E-state index < -0.39 is 12.6 Å². The number of esters is 1. The Morgan fingerprint density at radius 2 is 1.72 bits per heavy atom. The van der Waals surface area contributed by atoms with Crippen molar-refractivity contribution in [2.24, 2.45) is 4.99 Å². The van der Waals surface area contributed by atoms with Gasteiger partial charge in [0.1, 0.15) is 22.8 Å². The number of carbonyl (C=O) groups is 1. The summed E-state index contributed by atoms with van der Waals surface area (Å²) in [7, 11) is 5.83. The first-order valence-electron chi connectivity index (χ1n) is 9.23. The van der Waals surface area contributed by atoms with E-state index >= 15 is 0 Å². The van der Waals surface area contributed by atoms with Crippen LogP contribution in [-0.2, 0) is 17.8 Å². The predicted molar refractivity (Wildman–Crippen MR) is 126 cm³/mol. The number of hydrogen-bond donors (Lipinski definition) is 2. The van der Waals surface area contributed by atoms with Crippen LogP contribution in [-0.4, -0.2) is 46.9 Å². The first-order chi connectivity index (χ1) is 14.9. The van der Waals surface area contributed by atoms with Crippen molar-refractivity contribution in [3.8, 4) is 17.2 Å². The Bertz CT molecular complexity index is 928. The van der Waals surface area contributed by atoms with E-state index in [4.69, 9.17) is 14.2 Å². The van der Waals surface area contributed by atoms with Crippen molar-refractivity contribution < 1.29 is 32.5 Å². The minimum atomic E-state index is -2.94. The number of ether oxygens (including phenoxy) is 4. The molecule has 0 heterocycles. The smallest absolute Gasteiger partial charge is 0.387 e. The van der Waals surface area contributed by atoms with E-state index in [9.17, 15) is 13.6 Å². The second kappa shape index (κ2) is 13.6. The molecule has 0 aliphatic carbocycles. The van der Waals surface area contributed by atoms with Gasteiger partial charge in [-0.25, -0.2) is 4.79 Å². The van der Waals surface area contributed by atoms with Crippen molar-refractivity contribution in [3.05, 3.63) is 53.1 Å². The number of alkyl halides is 2. The zero-order valence-electron chi connectivity index (χ0n) is 18.1. The van der Waals surface area contributed by atoms with Gasteiger partial charge in [-0.3, -0.25) is 4.99 Å². The highest BCUT2D eigenvalue weighted by atomic mass is 127. The molecule has 11 heteroatoms. The fourth-order valence-corrected chi connectivity index (χ4v) is 2.74. The van der Waals surface area contributed by atoms with Crippen LogP contribution >= 0.6 is 24.0 Å². The van der Waals surface area contributed by atoms with Crippen molar-refractivity contribution in [3.63, 3.8) is 0 Å². The molecule has 8 nitrogen and oxygen atoms in total. The molecule has 32 heavy (non-hydrogen) atoms. The van der Waals surface area contributed by atoms with Crippen molar-refractivity contribution >= 4 is 35.9 Å². The van der Waals surface area contributed by atoms with E-state index in [-0.39, 0.29) is 36.3 Å². The molecule has 0 aliphatic rings. The van der Waals surface area contributed by atoms with Crippen LogP contribution in [0, 0.1) is 0 Å². The van der Waals surface area contributed by atoms with Crippen LogP contribution in [0.3, 0.4) is 0 Å². The fraction of sp³-hybridized carbons (Fsp3) is 0.333. The number of aliphatic imine (C=N–C) groups is 1. The first kappa shape index (κ1) is 27.2. The minimum Gasteiger partial charge on any atom is -0.497 e. The predicted octanol–water partition coefficient (Wildman–Crippen LogP) is 3.58. The highest BCUT2D eigenvalue weighted by Crippen LogP contribution is 2.25. The van der Waals surface area contributed by atoms with Gasteiger partial charge in [-0.1, -0.05) is 6.07 Å². The first-order valence-corrected chi connectivity index (χ1v) is 9.23. The third-order valence-corrected chi connectivity index (χ3v) is 4.28. The summed E-state index contributed by atoms with van der Waals surface area (Å²) >= 11 is 0. The number of guanidine groups is 1. The second-order valence-electron chi connectivity index (χ2n) is 6.16. The van der Waals surface area contributed by atoms with Gasteiger partial charge < -0.3 is 29.6 Å². The van der Waals surface area contributed by atoms with E-state index in [1.54, 1.807) is 37.4 Å². The van der Waals surface area contributed by atoms with E-state index in [2.05, 4.69) is 20.4 Å². The van der Waals surface area contributed by atoms with Gasteiger partial charge in [-0.05, 0) is 35.9 Å². The molecule has 0 saturated carbocycles. The van der Waals surface area contributed by atoms with Gasteiger partial charge in [0.2, 0.25) is 0 Å². The van der Waals surface area contributed by atoms with Crippen LogP contribution in [0.25, 0.3) is 0 Å². The van der Waals surface area contributed by atoms with Crippen LogP contribution in [0.2, 0.25) is 0 Å². The second-order valence-corrected chi connectivity index (χ2v) is 6.16. The zero-order valence-corrected chi connectivity index (χ0v) is 20.4. The van der Waals surface area contributed by atoms with Crippen molar-refractivity contribution in [2.45, 2.75) is 19.7 Å². The Morgan fingerprint density at radius 1 is 1.00 bits per heavy atom. The van der Waals surface area contributed by atoms with Gasteiger partial charge in [0, 0.05) is 25.7 Å². The molecule has 0 unspecified atom stereocenters. The summed E-state index contributed by atoms with van der Waals surface area (Å²) in [5.41, 5.74) is 1.63. The summed E-state index contributed by atoms with van der Waals surface area (Å²) < 4.78 is 45.0. The molecule has 0 aliphatic heterocycles. The lowest BCUT2D eigenvalue weighted by atomic mass is 10.1. The number of hydrogen-bond acceptors (Lipinski definition) is 6. The summed E-state index contributed by atoms with van der Waals surface area (Å²) in [6.07, 6.45) is 0. The lowest BCUT2D eigenvalue weighted by Crippen LogP contribution is -2.36. The average Bonchev–Trinajstić information content (AvgIpc) is 2.78. The topological polar surface area (TPSA) is 90.4 Å². The molecule has 2 N–H and O–H groups in total. The summed E-state index contributed by atoms with van der Waals surface area (Å²) in [6.45, 7) is -2.40. The molecule has 0 radical (unpaired) electrons. The third kappa shape index (κ3) is 7.70. The lowest BCUT2D eigenvalue weighted by Gasteiger charge is -2.16. The molecule has 2 aromatic rings. The molecule has 0 atom stereocenters. The van der Waals surface area contributed by atoms with Gasteiger partial charge in [0.25, 0.3) is 0 Å². The summed E-state index contributed by atoms with van der Waals surface area (Å²) in [6, 6.07) is 9.65. The normalized spacial score (nSPS) is 10.8. The van der Waals surface area contributed by atoms with E-state index in [0.717, 1.165) is 5.56 Å². The average molecular weight is 565 g/mol. The molecule has 0 spiro atoms. The third-order valence-electron chi connectivity index (χ3n) is 4.28. The molecule has 0 fully saturated rings. The van der Waals surface area contributed by atoms with Gasteiger partial charge in [-0.2, -0.15) is 8.78 Å². The van der Waals surface area contributed by atoms with E-state index in [1.165, 1.54) is 27.4 Å². The number of methoxy groups -OCH3 is 3. The molecule has 0 bridgehead atoms. The number of nitrogens with one attached hydrogen (secondary N) is 2. The van der Waals surface area contributed by atoms with E-state index in [1.807, 2.05) is 0 Å². The van der Waals surface area contributed by atoms with Crippen LogP contribution in [0.1, 0.15) is 21.5 Å². The fourth-order valence-electron chi connectivity index (χ4n) is 2.74.